The number of halogens is 4. The predicted octanol–water partition coefficient (Wildman–Crippen LogP) is 4.31. The lowest BCUT2D eigenvalue weighted by Crippen LogP contribution is -2.54. The summed E-state index contributed by atoms with van der Waals surface area (Å²) in [5, 5.41) is -0.163. The van der Waals surface area contributed by atoms with Crippen molar-refractivity contribution in [3.05, 3.63) is 63.9 Å². The van der Waals surface area contributed by atoms with E-state index in [-0.39, 0.29) is 34.5 Å². The van der Waals surface area contributed by atoms with Crippen molar-refractivity contribution >= 4 is 29.0 Å². The lowest BCUT2D eigenvalue weighted by molar-refractivity contribution is 0.0673. The van der Waals surface area contributed by atoms with Gasteiger partial charge in [0, 0.05) is 31.2 Å². The number of Topliss-reactive ketones (excluding diaryl/α,β-unsaturated/α-hetero) is 1. The average molecular weight is 411 g/mol. The maximum atomic E-state index is 14.4. The Balaban J connectivity index is 1.78. The lowest BCUT2D eigenvalue weighted by atomic mass is 10.1. The molecule has 1 fully saturated rings. The number of ketones is 1. The van der Waals surface area contributed by atoms with E-state index >= 15 is 0 Å². The molecule has 0 radical (unpaired) electrons. The molecule has 8 heteroatoms. The van der Waals surface area contributed by atoms with Crippen molar-refractivity contribution in [3.8, 4) is 0 Å². The number of amides is 1. The highest BCUT2D eigenvalue weighted by Gasteiger charge is 2.30. The summed E-state index contributed by atoms with van der Waals surface area (Å²) in [6.45, 7) is 4.07. The molecule has 0 aliphatic carbocycles. The molecule has 2 aromatic rings. The summed E-state index contributed by atoms with van der Waals surface area (Å²) in [5.41, 5.74) is 0.517. The second-order valence-electron chi connectivity index (χ2n) is 6.76. The van der Waals surface area contributed by atoms with E-state index in [1.54, 1.807) is 24.0 Å². The number of carbonyl (C=O) groups excluding carboxylic acids is 2. The number of anilines is 1. The van der Waals surface area contributed by atoms with Crippen molar-refractivity contribution in [1.82, 2.24) is 4.90 Å². The molecule has 1 saturated heterocycles. The fourth-order valence-corrected chi connectivity index (χ4v) is 3.53. The third-order valence-corrected chi connectivity index (χ3v) is 5.14. The highest BCUT2D eigenvalue weighted by atomic mass is 35.5. The van der Waals surface area contributed by atoms with Gasteiger partial charge < -0.3 is 9.80 Å². The largest absolute Gasteiger partial charge is 0.365 e. The van der Waals surface area contributed by atoms with Crippen LogP contribution >= 0.6 is 11.6 Å². The van der Waals surface area contributed by atoms with Gasteiger partial charge in [-0.2, -0.15) is 0 Å². The van der Waals surface area contributed by atoms with Crippen LogP contribution in [0.1, 0.15) is 34.6 Å². The summed E-state index contributed by atoms with van der Waals surface area (Å²) in [7, 11) is 0. The first kappa shape index (κ1) is 20.2. The maximum Gasteiger partial charge on any atom is 0.255 e. The summed E-state index contributed by atoms with van der Waals surface area (Å²) in [6, 6.07) is 5.54. The number of piperazine rings is 1. The molecular weight excluding hydrogens is 393 g/mol. The quantitative estimate of drug-likeness (QED) is 0.559. The summed E-state index contributed by atoms with van der Waals surface area (Å²) >= 11 is 5.91. The van der Waals surface area contributed by atoms with Crippen LogP contribution in [-0.2, 0) is 0 Å². The Bertz CT molecular complexity index is 951. The van der Waals surface area contributed by atoms with E-state index < -0.39 is 23.4 Å². The molecule has 0 saturated carbocycles. The van der Waals surface area contributed by atoms with Gasteiger partial charge in [0.1, 0.15) is 5.82 Å². The molecule has 1 amide bonds. The molecule has 1 aliphatic rings. The Labute approximate surface area is 165 Å². The first-order chi connectivity index (χ1) is 13.2. The number of nitrogens with zero attached hydrogens (tertiary/aromatic N) is 2. The second kappa shape index (κ2) is 7.83. The van der Waals surface area contributed by atoms with Gasteiger partial charge in [-0.3, -0.25) is 9.59 Å². The third-order valence-electron chi connectivity index (χ3n) is 4.82. The summed E-state index contributed by atoms with van der Waals surface area (Å²) in [4.78, 5) is 27.4. The minimum Gasteiger partial charge on any atom is -0.365 e. The number of hydrogen-bond donors (Lipinski definition) is 0. The Hall–Kier alpha value is -2.54. The van der Waals surface area contributed by atoms with Crippen LogP contribution in [0.25, 0.3) is 0 Å². The van der Waals surface area contributed by atoms with E-state index in [2.05, 4.69) is 0 Å². The molecule has 3 rings (SSSR count). The maximum absolute atomic E-state index is 14.4. The molecule has 1 unspecified atom stereocenters. The van der Waals surface area contributed by atoms with Crippen molar-refractivity contribution in [2.24, 2.45) is 0 Å². The molecule has 1 heterocycles. The van der Waals surface area contributed by atoms with E-state index in [4.69, 9.17) is 11.6 Å². The standard InChI is InChI=1S/C20H18ClF3N2O2/c1-11-10-25(19-4-3-13(12(2)27)7-18(19)24)5-6-26(11)20(28)14-8-16(22)17(23)9-15(14)21/h3-4,7-9,11H,5-6,10H2,1-2H3. The Kier molecular flexibility index (Phi) is 5.65. The van der Waals surface area contributed by atoms with Crippen LogP contribution < -0.4 is 4.90 Å². The highest BCUT2D eigenvalue weighted by Crippen LogP contribution is 2.27. The Morgan fingerprint density at radius 2 is 1.71 bits per heavy atom. The number of benzene rings is 2. The molecule has 0 N–H and O–H groups in total. The zero-order valence-electron chi connectivity index (χ0n) is 15.3. The summed E-state index contributed by atoms with van der Waals surface area (Å²) < 4.78 is 41.2. The van der Waals surface area contributed by atoms with Crippen molar-refractivity contribution in [3.63, 3.8) is 0 Å². The summed E-state index contributed by atoms with van der Waals surface area (Å²) in [6.07, 6.45) is 0. The van der Waals surface area contributed by atoms with Crippen LogP contribution in [0.15, 0.2) is 30.3 Å². The topological polar surface area (TPSA) is 40.6 Å². The van der Waals surface area contributed by atoms with Gasteiger partial charge in [-0.05, 0) is 44.2 Å². The Morgan fingerprint density at radius 3 is 2.32 bits per heavy atom. The zero-order valence-corrected chi connectivity index (χ0v) is 16.1. The number of hydrogen-bond acceptors (Lipinski definition) is 3. The molecule has 2 aromatic carbocycles. The van der Waals surface area contributed by atoms with Gasteiger partial charge in [0.15, 0.2) is 17.4 Å². The molecule has 1 atom stereocenters. The number of carbonyl (C=O) groups is 2. The van der Waals surface area contributed by atoms with Gasteiger partial charge in [0.25, 0.3) is 5.91 Å². The molecular formula is C20H18ClF3N2O2. The molecule has 1 aliphatic heterocycles. The van der Waals surface area contributed by atoms with Crippen molar-refractivity contribution in [2.45, 2.75) is 19.9 Å². The Morgan fingerprint density at radius 1 is 1.04 bits per heavy atom. The smallest absolute Gasteiger partial charge is 0.255 e. The minimum atomic E-state index is -1.15. The zero-order chi connectivity index (χ0) is 20.6. The third kappa shape index (κ3) is 3.85. The fraction of sp³-hybridized carbons (Fsp3) is 0.300. The predicted molar refractivity (Wildman–Crippen MR) is 100 cm³/mol. The van der Waals surface area contributed by atoms with Crippen LogP contribution in [0.4, 0.5) is 18.9 Å². The van der Waals surface area contributed by atoms with Gasteiger partial charge in [-0.15, -0.1) is 0 Å². The van der Waals surface area contributed by atoms with Crippen molar-refractivity contribution in [1.29, 1.82) is 0 Å². The van der Waals surface area contributed by atoms with Gasteiger partial charge in [0.05, 0.1) is 16.3 Å². The van der Waals surface area contributed by atoms with Gasteiger partial charge >= 0.3 is 0 Å². The van der Waals surface area contributed by atoms with Gasteiger partial charge in [-0.1, -0.05) is 11.6 Å². The number of rotatable bonds is 3. The highest BCUT2D eigenvalue weighted by molar-refractivity contribution is 6.33. The lowest BCUT2D eigenvalue weighted by Gasteiger charge is -2.41. The van der Waals surface area contributed by atoms with Crippen LogP contribution in [0, 0.1) is 17.5 Å². The van der Waals surface area contributed by atoms with Gasteiger partial charge in [0.2, 0.25) is 0 Å². The van der Waals surface area contributed by atoms with Crippen LogP contribution in [-0.4, -0.2) is 42.3 Å². The van der Waals surface area contributed by atoms with Crippen LogP contribution in [0.5, 0.6) is 0 Å². The first-order valence-corrected chi connectivity index (χ1v) is 9.07. The minimum absolute atomic E-state index is 0.113. The SMILES string of the molecule is CC(=O)c1ccc(N2CCN(C(=O)c3cc(F)c(F)cc3Cl)C(C)C2)c(F)c1. The molecule has 148 valence electrons. The van der Waals surface area contributed by atoms with Crippen molar-refractivity contribution in [2.75, 3.05) is 24.5 Å². The summed E-state index contributed by atoms with van der Waals surface area (Å²) in [5.74, 6) is -3.51. The molecule has 4 nitrogen and oxygen atoms in total. The van der Waals surface area contributed by atoms with Crippen LogP contribution in [0.3, 0.4) is 0 Å². The molecule has 0 bridgehead atoms. The molecule has 0 aromatic heterocycles. The van der Waals surface area contributed by atoms with Crippen LogP contribution in [0.2, 0.25) is 5.02 Å². The molecule has 28 heavy (non-hydrogen) atoms. The second-order valence-corrected chi connectivity index (χ2v) is 7.17. The van der Waals surface area contributed by atoms with E-state index in [1.165, 1.54) is 17.9 Å². The van der Waals surface area contributed by atoms with E-state index in [0.29, 0.717) is 18.8 Å². The normalized spacial score (nSPS) is 17.0. The first-order valence-electron chi connectivity index (χ1n) is 8.70. The van der Waals surface area contributed by atoms with Gasteiger partial charge in [-0.25, -0.2) is 13.2 Å². The average Bonchev–Trinajstić information content (AvgIpc) is 2.64. The van der Waals surface area contributed by atoms with Crippen molar-refractivity contribution < 1.29 is 22.8 Å². The van der Waals surface area contributed by atoms with E-state index in [0.717, 1.165) is 12.1 Å². The monoisotopic (exact) mass is 410 g/mol. The van der Waals surface area contributed by atoms with E-state index in [1.807, 2.05) is 0 Å². The molecule has 0 spiro atoms. The van der Waals surface area contributed by atoms with E-state index in [9.17, 15) is 22.8 Å². The fourth-order valence-electron chi connectivity index (χ4n) is 3.30.